The van der Waals surface area contributed by atoms with Gasteiger partial charge in [0, 0.05) is 17.3 Å². The lowest BCUT2D eigenvalue weighted by molar-refractivity contribution is 0.100. The topological polar surface area (TPSA) is 68.2 Å². The molecule has 0 radical (unpaired) electrons. The average Bonchev–Trinajstić information content (AvgIpc) is 2.79. The predicted molar refractivity (Wildman–Crippen MR) is 73.5 cm³/mol. The van der Waals surface area contributed by atoms with Crippen LogP contribution < -0.4 is 5.73 Å². The van der Waals surface area contributed by atoms with Gasteiger partial charge in [-0.25, -0.2) is 0 Å². The number of benzene rings is 2. The normalized spacial score (nSPS) is 10.7. The van der Waals surface area contributed by atoms with E-state index in [1.54, 1.807) is 30.5 Å². The number of nitrogens with two attached hydrogens (primary N) is 1. The van der Waals surface area contributed by atoms with Gasteiger partial charge in [0.15, 0.2) is 0 Å². The molecule has 1 heterocycles. The summed E-state index contributed by atoms with van der Waals surface area (Å²) in [5, 5.41) is 10.1. The Hall–Kier alpha value is -2.75. The maximum Gasteiger partial charge on any atom is 0.250 e. The van der Waals surface area contributed by atoms with Crippen LogP contribution in [-0.2, 0) is 0 Å². The highest BCUT2D eigenvalue weighted by Gasteiger charge is 2.12. The zero-order valence-corrected chi connectivity index (χ0v) is 10.1. The Balaban J connectivity index is 2.29. The molecular formula is C15H12N2O2. The molecule has 1 aromatic heterocycles. The van der Waals surface area contributed by atoms with Crippen LogP contribution in [0.5, 0.6) is 5.75 Å². The number of aromatic nitrogens is 1. The minimum Gasteiger partial charge on any atom is -0.508 e. The molecule has 0 unspecified atom stereocenters. The third-order valence-corrected chi connectivity index (χ3v) is 3.11. The van der Waals surface area contributed by atoms with Crippen molar-refractivity contribution in [2.75, 3.05) is 0 Å². The van der Waals surface area contributed by atoms with Crippen molar-refractivity contribution in [3.63, 3.8) is 0 Å². The fraction of sp³-hybridized carbons (Fsp3) is 0. The average molecular weight is 252 g/mol. The highest BCUT2D eigenvalue weighted by molar-refractivity contribution is 6.06. The first-order valence-electron chi connectivity index (χ1n) is 5.86. The van der Waals surface area contributed by atoms with Crippen LogP contribution in [0.15, 0.2) is 54.7 Å². The highest BCUT2D eigenvalue weighted by Crippen LogP contribution is 2.25. The van der Waals surface area contributed by atoms with Gasteiger partial charge in [0.2, 0.25) is 0 Å². The summed E-state index contributed by atoms with van der Waals surface area (Å²) >= 11 is 0. The third kappa shape index (κ3) is 1.83. The van der Waals surface area contributed by atoms with Gasteiger partial charge in [-0.15, -0.1) is 0 Å². The van der Waals surface area contributed by atoms with Crippen LogP contribution in [0.4, 0.5) is 0 Å². The quantitative estimate of drug-likeness (QED) is 0.735. The van der Waals surface area contributed by atoms with Gasteiger partial charge >= 0.3 is 0 Å². The van der Waals surface area contributed by atoms with Crippen LogP contribution in [0.2, 0.25) is 0 Å². The molecule has 1 amide bonds. The van der Waals surface area contributed by atoms with Crippen LogP contribution in [0.25, 0.3) is 16.6 Å². The van der Waals surface area contributed by atoms with Gasteiger partial charge in [0.25, 0.3) is 5.91 Å². The second-order valence-electron chi connectivity index (χ2n) is 4.31. The number of carbonyl (C=O) groups excluding carboxylic acids is 1. The molecule has 0 saturated heterocycles. The maximum atomic E-state index is 11.5. The number of hydrogen-bond donors (Lipinski definition) is 2. The van der Waals surface area contributed by atoms with E-state index < -0.39 is 5.91 Å². The van der Waals surface area contributed by atoms with E-state index in [1.165, 1.54) is 0 Å². The van der Waals surface area contributed by atoms with Crippen LogP contribution in [-0.4, -0.2) is 15.6 Å². The molecule has 2 aromatic carbocycles. The zero-order chi connectivity index (χ0) is 13.4. The second kappa shape index (κ2) is 4.17. The molecule has 0 aliphatic rings. The molecule has 0 aliphatic carbocycles. The predicted octanol–water partition coefficient (Wildman–Crippen LogP) is 2.44. The molecule has 0 saturated carbocycles. The molecule has 0 atom stereocenters. The van der Waals surface area contributed by atoms with E-state index in [4.69, 9.17) is 5.73 Å². The largest absolute Gasteiger partial charge is 0.508 e. The summed E-state index contributed by atoms with van der Waals surface area (Å²) in [6, 6.07) is 14.3. The first-order valence-corrected chi connectivity index (χ1v) is 5.86. The molecule has 19 heavy (non-hydrogen) atoms. The number of hydrogen-bond acceptors (Lipinski definition) is 2. The Morgan fingerprint density at radius 1 is 1.05 bits per heavy atom. The first kappa shape index (κ1) is 11.3. The number of nitrogens with zero attached hydrogens (tertiary/aromatic N) is 1. The van der Waals surface area contributed by atoms with E-state index in [2.05, 4.69) is 0 Å². The van der Waals surface area contributed by atoms with Crippen LogP contribution in [0.1, 0.15) is 10.4 Å². The van der Waals surface area contributed by atoms with Gasteiger partial charge in [-0.3, -0.25) is 4.79 Å². The number of para-hydroxylation sites is 1. The fourth-order valence-electron chi connectivity index (χ4n) is 2.20. The number of rotatable bonds is 2. The van der Waals surface area contributed by atoms with E-state index in [-0.39, 0.29) is 5.75 Å². The van der Waals surface area contributed by atoms with Crippen LogP contribution in [0, 0.1) is 0 Å². The van der Waals surface area contributed by atoms with E-state index in [9.17, 15) is 9.90 Å². The molecule has 3 rings (SSSR count). The summed E-state index contributed by atoms with van der Waals surface area (Å²) < 4.78 is 1.88. The monoisotopic (exact) mass is 252 g/mol. The Kier molecular flexibility index (Phi) is 2.49. The minimum absolute atomic E-state index is 0.204. The number of aromatic hydroxyl groups is 1. The summed E-state index contributed by atoms with van der Waals surface area (Å²) in [4.78, 5) is 11.5. The Labute approximate surface area is 109 Å². The molecule has 0 spiro atoms. The lowest BCUT2D eigenvalue weighted by Crippen LogP contribution is -2.10. The summed E-state index contributed by atoms with van der Waals surface area (Å²) in [5.41, 5.74) is 7.66. The summed E-state index contributed by atoms with van der Waals surface area (Å²) in [6.07, 6.45) is 1.72. The molecule has 4 nitrogen and oxygen atoms in total. The van der Waals surface area contributed by atoms with Crippen molar-refractivity contribution in [2.24, 2.45) is 5.73 Å². The number of fused-ring (bicyclic) bond motifs is 1. The maximum absolute atomic E-state index is 11.5. The molecule has 4 heteroatoms. The molecular weight excluding hydrogens is 240 g/mol. The molecule has 0 aliphatic heterocycles. The Morgan fingerprint density at radius 3 is 2.42 bits per heavy atom. The number of amides is 1. The molecule has 94 valence electrons. The van der Waals surface area contributed by atoms with Gasteiger partial charge < -0.3 is 15.4 Å². The number of phenols is 1. The second-order valence-corrected chi connectivity index (χ2v) is 4.31. The molecule has 3 aromatic rings. The number of primary amides is 1. The Morgan fingerprint density at radius 2 is 1.74 bits per heavy atom. The van der Waals surface area contributed by atoms with Gasteiger partial charge in [0.1, 0.15) is 5.75 Å². The lowest BCUT2D eigenvalue weighted by Gasteiger charge is -2.04. The van der Waals surface area contributed by atoms with Crippen molar-refractivity contribution in [1.29, 1.82) is 0 Å². The minimum atomic E-state index is -0.450. The van der Waals surface area contributed by atoms with Crippen molar-refractivity contribution < 1.29 is 9.90 Å². The van der Waals surface area contributed by atoms with Crippen molar-refractivity contribution in [3.05, 3.63) is 60.3 Å². The van der Waals surface area contributed by atoms with E-state index in [0.717, 1.165) is 16.6 Å². The zero-order valence-electron chi connectivity index (χ0n) is 10.1. The van der Waals surface area contributed by atoms with E-state index in [1.807, 2.05) is 28.8 Å². The fourth-order valence-corrected chi connectivity index (χ4v) is 2.20. The SMILES string of the molecule is NC(=O)c1cn(-c2ccc(O)cc2)c2ccccc12. The third-order valence-electron chi connectivity index (χ3n) is 3.11. The summed E-state index contributed by atoms with van der Waals surface area (Å²) in [6.45, 7) is 0. The van der Waals surface area contributed by atoms with Gasteiger partial charge in [0.05, 0.1) is 11.1 Å². The van der Waals surface area contributed by atoms with Crippen molar-refractivity contribution in [1.82, 2.24) is 4.57 Å². The van der Waals surface area contributed by atoms with Gasteiger partial charge in [-0.05, 0) is 30.3 Å². The van der Waals surface area contributed by atoms with Gasteiger partial charge in [-0.1, -0.05) is 18.2 Å². The first-order chi connectivity index (χ1) is 9.16. The standard InChI is InChI=1S/C15H12N2O2/c16-15(19)13-9-17(10-5-7-11(18)8-6-10)14-4-2-1-3-12(13)14/h1-9,18H,(H2,16,19). The number of carbonyl (C=O) groups is 1. The Bertz CT molecular complexity index is 757. The van der Waals surface area contributed by atoms with E-state index >= 15 is 0 Å². The van der Waals surface area contributed by atoms with Crippen molar-refractivity contribution in [2.45, 2.75) is 0 Å². The summed E-state index contributed by atoms with van der Waals surface area (Å²) in [7, 11) is 0. The lowest BCUT2D eigenvalue weighted by atomic mass is 10.2. The smallest absolute Gasteiger partial charge is 0.250 e. The van der Waals surface area contributed by atoms with Gasteiger partial charge in [-0.2, -0.15) is 0 Å². The summed E-state index contributed by atoms with van der Waals surface area (Å²) in [5.74, 6) is -0.246. The number of phenolic OH excluding ortho intramolecular Hbond substituents is 1. The van der Waals surface area contributed by atoms with Crippen LogP contribution in [0.3, 0.4) is 0 Å². The van der Waals surface area contributed by atoms with Crippen molar-refractivity contribution >= 4 is 16.8 Å². The van der Waals surface area contributed by atoms with Crippen molar-refractivity contribution in [3.8, 4) is 11.4 Å². The molecule has 0 bridgehead atoms. The molecule has 0 fully saturated rings. The highest BCUT2D eigenvalue weighted by atomic mass is 16.3. The van der Waals surface area contributed by atoms with Crippen LogP contribution >= 0.6 is 0 Å². The molecule has 3 N–H and O–H groups in total. The van der Waals surface area contributed by atoms with E-state index in [0.29, 0.717) is 5.56 Å².